The standard InChI is InChI=1S/C10H7F2NOS/c1-14-9-5-15-10(13-9)6-2-3-7(11)8(12)4-6/h2-5H,1H3. The lowest BCUT2D eigenvalue weighted by molar-refractivity contribution is 0.401. The zero-order valence-corrected chi connectivity index (χ0v) is 8.65. The second-order valence-corrected chi connectivity index (χ2v) is 3.68. The first-order valence-electron chi connectivity index (χ1n) is 4.15. The Bertz CT molecular complexity index is 484. The zero-order valence-electron chi connectivity index (χ0n) is 7.83. The molecule has 0 fully saturated rings. The number of thiazole rings is 1. The SMILES string of the molecule is COc1csc(-c2ccc(F)c(F)c2)n1. The summed E-state index contributed by atoms with van der Waals surface area (Å²) in [4.78, 5) is 4.08. The van der Waals surface area contributed by atoms with E-state index in [2.05, 4.69) is 4.98 Å². The van der Waals surface area contributed by atoms with Crippen LogP contribution in [0.3, 0.4) is 0 Å². The van der Waals surface area contributed by atoms with Crippen molar-refractivity contribution in [3.63, 3.8) is 0 Å². The van der Waals surface area contributed by atoms with E-state index < -0.39 is 11.6 Å². The number of ether oxygens (including phenoxy) is 1. The highest BCUT2D eigenvalue weighted by molar-refractivity contribution is 7.13. The number of benzene rings is 1. The van der Waals surface area contributed by atoms with Crippen LogP contribution in [0.2, 0.25) is 0 Å². The molecule has 0 aliphatic heterocycles. The van der Waals surface area contributed by atoms with Gasteiger partial charge in [0.05, 0.1) is 12.5 Å². The van der Waals surface area contributed by atoms with Crippen LogP contribution in [-0.4, -0.2) is 12.1 Å². The molecule has 5 heteroatoms. The quantitative estimate of drug-likeness (QED) is 0.786. The lowest BCUT2D eigenvalue weighted by atomic mass is 10.2. The van der Waals surface area contributed by atoms with Gasteiger partial charge in [0.15, 0.2) is 11.6 Å². The third kappa shape index (κ3) is 1.97. The monoisotopic (exact) mass is 227 g/mol. The Morgan fingerprint density at radius 1 is 1.27 bits per heavy atom. The van der Waals surface area contributed by atoms with Gasteiger partial charge >= 0.3 is 0 Å². The van der Waals surface area contributed by atoms with Crippen LogP contribution in [0.15, 0.2) is 23.6 Å². The molecule has 0 aliphatic carbocycles. The molecule has 0 radical (unpaired) electrons. The first-order chi connectivity index (χ1) is 7.20. The Labute approximate surface area is 89.2 Å². The largest absolute Gasteiger partial charge is 0.480 e. The summed E-state index contributed by atoms with van der Waals surface area (Å²) >= 11 is 1.32. The second-order valence-electron chi connectivity index (χ2n) is 2.82. The molecular formula is C10H7F2NOS. The molecule has 0 amide bonds. The summed E-state index contributed by atoms with van der Waals surface area (Å²) < 4.78 is 30.5. The maximum absolute atomic E-state index is 12.9. The predicted octanol–water partition coefficient (Wildman–Crippen LogP) is 3.10. The molecule has 0 unspecified atom stereocenters. The lowest BCUT2D eigenvalue weighted by Gasteiger charge is -1.97. The fraction of sp³-hybridized carbons (Fsp3) is 0.100. The first kappa shape index (κ1) is 10.0. The summed E-state index contributed by atoms with van der Waals surface area (Å²) in [7, 11) is 1.50. The molecule has 2 rings (SSSR count). The van der Waals surface area contributed by atoms with Crippen molar-refractivity contribution in [2.45, 2.75) is 0 Å². The third-order valence-corrected chi connectivity index (χ3v) is 2.73. The Kier molecular flexibility index (Phi) is 2.64. The summed E-state index contributed by atoms with van der Waals surface area (Å²) in [6.45, 7) is 0. The van der Waals surface area contributed by atoms with Crippen molar-refractivity contribution in [2.24, 2.45) is 0 Å². The van der Waals surface area contributed by atoms with Crippen LogP contribution in [0.1, 0.15) is 0 Å². The van der Waals surface area contributed by atoms with Crippen molar-refractivity contribution in [3.05, 3.63) is 35.2 Å². The average Bonchev–Trinajstić information content (AvgIpc) is 2.70. The Balaban J connectivity index is 2.40. The van der Waals surface area contributed by atoms with Crippen molar-refractivity contribution in [3.8, 4) is 16.5 Å². The highest BCUT2D eigenvalue weighted by atomic mass is 32.1. The van der Waals surface area contributed by atoms with Gasteiger partial charge in [-0.15, -0.1) is 11.3 Å². The van der Waals surface area contributed by atoms with Crippen molar-refractivity contribution in [1.82, 2.24) is 4.98 Å². The normalized spacial score (nSPS) is 10.3. The van der Waals surface area contributed by atoms with Crippen LogP contribution >= 0.6 is 11.3 Å². The lowest BCUT2D eigenvalue weighted by Crippen LogP contribution is -1.85. The second kappa shape index (κ2) is 3.94. The average molecular weight is 227 g/mol. The van der Waals surface area contributed by atoms with E-state index in [4.69, 9.17) is 4.74 Å². The summed E-state index contributed by atoms with van der Waals surface area (Å²) in [5.74, 6) is -1.26. The van der Waals surface area contributed by atoms with Gasteiger partial charge in [-0.05, 0) is 18.2 Å². The molecule has 0 N–H and O–H groups in total. The van der Waals surface area contributed by atoms with Crippen molar-refractivity contribution >= 4 is 11.3 Å². The van der Waals surface area contributed by atoms with E-state index in [1.807, 2.05) is 0 Å². The summed E-state index contributed by atoms with van der Waals surface area (Å²) in [5.41, 5.74) is 0.544. The fourth-order valence-corrected chi connectivity index (χ4v) is 1.88. The van der Waals surface area contributed by atoms with E-state index in [1.54, 1.807) is 5.38 Å². The molecule has 2 nitrogen and oxygen atoms in total. The van der Waals surface area contributed by atoms with Crippen molar-refractivity contribution in [2.75, 3.05) is 7.11 Å². The van der Waals surface area contributed by atoms with E-state index in [1.165, 1.54) is 24.5 Å². The first-order valence-corrected chi connectivity index (χ1v) is 5.03. The molecule has 0 aliphatic rings. The molecule has 1 heterocycles. The number of nitrogens with zero attached hydrogens (tertiary/aromatic N) is 1. The highest BCUT2D eigenvalue weighted by Crippen LogP contribution is 2.27. The van der Waals surface area contributed by atoms with E-state index in [0.29, 0.717) is 16.5 Å². The molecule has 1 aromatic heterocycles. The van der Waals surface area contributed by atoms with Crippen LogP contribution < -0.4 is 4.74 Å². The van der Waals surface area contributed by atoms with E-state index in [0.717, 1.165) is 12.1 Å². The number of aromatic nitrogens is 1. The molecular weight excluding hydrogens is 220 g/mol. The molecule has 0 saturated heterocycles. The third-order valence-electron chi connectivity index (χ3n) is 1.86. The van der Waals surface area contributed by atoms with Crippen LogP contribution in [0.4, 0.5) is 8.78 Å². The number of rotatable bonds is 2. The molecule has 0 atom stereocenters. The molecule has 0 saturated carbocycles. The van der Waals surface area contributed by atoms with E-state index >= 15 is 0 Å². The van der Waals surface area contributed by atoms with Gasteiger partial charge in [0, 0.05) is 5.56 Å². The number of methoxy groups -OCH3 is 1. The smallest absolute Gasteiger partial charge is 0.224 e. The molecule has 78 valence electrons. The summed E-state index contributed by atoms with van der Waals surface area (Å²) in [5, 5.41) is 2.31. The maximum Gasteiger partial charge on any atom is 0.224 e. The van der Waals surface area contributed by atoms with Gasteiger partial charge in [0.25, 0.3) is 0 Å². The number of halogens is 2. The van der Waals surface area contributed by atoms with Gasteiger partial charge in [-0.2, -0.15) is 0 Å². The fourth-order valence-electron chi connectivity index (χ4n) is 1.11. The van der Waals surface area contributed by atoms with Crippen LogP contribution in [0.5, 0.6) is 5.88 Å². The molecule has 0 bridgehead atoms. The van der Waals surface area contributed by atoms with Crippen molar-refractivity contribution in [1.29, 1.82) is 0 Å². The Hall–Kier alpha value is -1.49. The minimum absolute atomic E-state index is 0.472. The van der Waals surface area contributed by atoms with Gasteiger partial charge in [0.2, 0.25) is 5.88 Å². The topological polar surface area (TPSA) is 22.1 Å². The van der Waals surface area contributed by atoms with Gasteiger partial charge in [-0.25, -0.2) is 13.8 Å². The predicted molar refractivity (Wildman–Crippen MR) is 54.0 cm³/mol. The molecule has 1 aromatic carbocycles. The number of hydrogen-bond acceptors (Lipinski definition) is 3. The molecule has 15 heavy (non-hydrogen) atoms. The molecule has 2 aromatic rings. The summed E-state index contributed by atoms with van der Waals surface area (Å²) in [6, 6.07) is 3.68. The van der Waals surface area contributed by atoms with E-state index in [-0.39, 0.29) is 0 Å². The van der Waals surface area contributed by atoms with Crippen molar-refractivity contribution < 1.29 is 13.5 Å². The number of hydrogen-bond donors (Lipinski definition) is 0. The Morgan fingerprint density at radius 2 is 2.07 bits per heavy atom. The highest BCUT2D eigenvalue weighted by Gasteiger charge is 2.08. The zero-order chi connectivity index (χ0) is 10.8. The Morgan fingerprint density at radius 3 is 2.67 bits per heavy atom. The van der Waals surface area contributed by atoms with Gasteiger partial charge < -0.3 is 4.74 Å². The van der Waals surface area contributed by atoms with Crippen LogP contribution in [0, 0.1) is 11.6 Å². The van der Waals surface area contributed by atoms with Crippen LogP contribution in [-0.2, 0) is 0 Å². The maximum atomic E-state index is 12.9. The minimum atomic E-state index is -0.873. The van der Waals surface area contributed by atoms with Crippen LogP contribution in [0.25, 0.3) is 10.6 Å². The van der Waals surface area contributed by atoms with Gasteiger partial charge in [-0.3, -0.25) is 0 Å². The van der Waals surface area contributed by atoms with E-state index in [9.17, 15) is 8.78 Å². The summed E-state index contributed by atoms with van der Waals surface area (Å²) in [6.07, 6.45) is 0. The molecule has 0 spiro atoms. The minimum Gasteiger partial charge on any atom is -0.480 e. The van der Waals surface area contributed by atoms with Gasteiger partial charge in [0.1, 0.15) is 5.01 Å². The van der Waals surface area contributed by atoms with Gasteiger partial charge in [-0.1, -0.05) is 0 Å².